The van der Waals surface area contributed by atoms with Crippen molar-refractivity contribution in [2.75, 3.05) is 20.3 Å². The van der Waals surface area contributed by atoms with E-state index in [9.17, 15) is 4.79 Å². The van der Waals surface area contributed by atoms with Crippen LogP contribution in [0.1, 0.15) is 29.8 Å². The first kappa shape index (κ1) is 17.1. The maximum absolute atomic E-state index is 12.6. The highest BCUT2D eigenvalue weighted by Gasteiger charge is 2.22. The Bertz CT molecular complexity index is 805. The number of carbonyl (C=O) groups is 1. The van der Waals surface area contributed by atoms with Gasteiger partial charge in [0.1, 0.15) is 12.4 Å². The van der Waals surface area contributed by atoms with Crippen molar-refractivity contribution in [3.8, 4) is 17.2 Å². The molecule has 0 N–H and O–H groups in total. The molecule has 0 aromatic heterocycles. The minimum atomic E-state index is 0.000881. The fourth-order valence-corrected chi connectivity index (χ4v) is 2.63. The quantitative estimate of drug-likeness (QED) is 0.759. The molecule has 1 heterocycles. The number of rotatable bonds is 5. The van der Waals surface area contributed by atoms with Crippen LogP contribution in [-0.4, -0.2) is 26.1 Å². The minimum absolute atomic E-state index is 0.000881. The Morgan fingerprint density at radius 2 is 1.96 bits per heavy atom. The minimum Gasteiger partial charge on any atom is -0.493 e. The molecule has 130 valence electrons. The molecule has 0 aliphatic carbocycles. The van der Waals surface area contributed by atoms with Crippen LogP contribution in [0, 0.1) is 5.92 Å². The maximum atomic E-state index is 12.6. The number of methoxy groups -OCH3 is 1. The summed E-state index contributed by atoms with van der Waals surface area (Å²) in [6.07, 6.45) is 1.84. The molecule has 4 nitrogen and oxygen atoms in total. The molecule has 0 bridgehead atoms. The van der Waals surface area contributed by atoms with E-state index in [1.165, 1.54) is 0 Å². The van der Waals surface area contributed by atoms with Gasteiger partial charge in [0.25, 0.3) is 0 Å². The Labute approximate surface area is 148 Å². The Morgan fingerprint density at radius 3 is 2.72 bits per heavy atom. The standard InChI is InChI=1S/C21H22O4/c1-14(2)12-24-19-9-8-15(11-20(19)23-3)10-16-13-25-18-7-5-4-6-17(18)21(16)22/h4-11,14H,12-13H2,1-3H3. The second-order valence-electron chi connectivity index (χ2n) is 6.40. The topological polar surface area (TPSA) is 44.8 Å². The van der Waals surface area contributed by atoms with E-state index in [0.29, 0.717) is 40.9 Å². The van der Waals surface area contributed by atoms with E-state index in [1.807, 2.05) is 42.5 Å². The molecule has 3 rings (SSSR count). The normalized spacial score (nSPS) is 15.0. The SMILES string of the molecule is COc1cc(C=C2COc3ccccc3C2=O)ccc1OCC(C)C. The first-order chi connectivity index (χ1) is 12.1. The van der Waals surface area contributed by atoms with Gasteiger partial charge < -0.3 is 14.2 Å². The zero-order chi connectivity index (χ0) is 17.8. The van der Waals surface area contributed by atoms with Crippen molar-refractivity contribution < 1.29 is 19.0 Å². The van der Waals surface area contributed by atoms with Gasteiger partial charge in [-0.2, -0.15) is 0 Å². The van der Waals surface area contributed by atoms with Crippen molar-refractivity contribution in [1.29, 1.82) is 0 Å². The molecule has 0 saturated heterocycles. The number of benzene rings is 2. The van der Waals surface area contributed by atoms with Gasteiger partial charge in [-0.05, 0) is 41.8 Å². The Balaban J connectivity index is 1.85. The molecule has 0 atom stereocenters. The average molecular weight is 338 g/mol. The molecule has 2 aromatic carbocycles. The molecule has 1 aliphatic heterocycles. The van der Waals surface area contributed by atoms with Gasteiger partial charge >= 0.3 is 0 Å². The van der Waals surface area contributed by atoms with Crippen molar-refractivity contribution in [2.45, 2.75) is 13.8 Å². The Hall–Kier alpha value is -2.75. The van der Waals surface area contributed by atoms with Crippen molar-refractivity contribution in [2.24, 2.45) is 5.92 Å². The van der Waals surface area contributed by atoms with Crippen LogP contribution in [0.5, 0.6) is 17.2 Å². The second-order valence-corrected chi connectivity index (χ2v) is 6.40. The van der Waals surface area contributed by atoms with Crippen LogP contribution in [0.15, 0.2) is 48.0 Å². The lowest BCUT2D eigenvalue weighted by Gasteiger charge is -2.18. The van der Waals surface area contributed by atoms with Gasteiger partial charge in [0.15, 0.2) is 17.3 Å². The fraction of sp³-hybridized carbons (Fsp3) is 0.286. The van der Waals surface area contributed by atoms with E-state index < -0.39 is 0 Å². The lowest BCUT2D eigenvalue weighted by molar-refractivity contribution is 0.100. The molecule has 0 spiro atoms. The molecule has 0 radical (unpaired) electrons. The summed E-state index contributed by atoms with van der Waals surface area (Å²) in [7, 11) is 1.61. The van der Waals surface area contributed by atoms with Gasteiger partial charge in [0, 0.05) is 5.57 Å². The third kappa shape index (κ3) is 3.85. The monoisotopic (exact) mass is 338 g/mol. The summed E-state index contributed by atoms with van der Waals surface area (Å²) in [5.41, 5.74) is 2.10. The number of hydrogen-bond acceptors (Lipinski definition) is 4. The highest BCUT2D eigenvalue weighted by atomic mass is 16.5. The molecule has 1 aliphatic rings. The van der Waals surface area contributed by atoms with Crippen molar-refractivity contribution >= 4 is 11.9 Å². The van der Waals surface area contributed by atoms with E-state index in [1.54, 1.807) is 13.2 Å². The van der Waals surface area contributed by atoms with Crippen LogP contribution < -0.4 is 14.2 Å². The maximum Gasteiger partial charge on any atom is 0.196 e. The largest absolute Gasteiger partial charge is 0.493 e. The van der Waals surface area contributed by atoms with Crippen LogP contribution in [0.2, 0.25) is 0 Å². The summed E-state index contributed by atoms with van der Waals surface area (Å²) in [6, 6.07) is 13.0. The van der Waals surface area contributed by atoms with Crippen molar-refractivity contribution in [3.63, 3.8) is 0 Å². The van der Waals surface area contributed by atoms with Crippen LogP contribution in [-0.2, 0) is 0 Å². The molecule has 25 heavy (non-hydrogen) atoms. The van der Waals surface area contributed by atoms with Crippen LogP contribution in [0.3, 0.4) is 0 Å². The van der Waals surface area contributed by atoms with Crippen LogP contribution in [0.4, 0.5) is 0 Å². The molecule has 0 unspecified atom stereocenters. The van der Waals surface area contributed by atoms with E-state index in [2.05, 4.69) is 13.8 Å². The van der Waals surface area contributed by atoms with E-state index in [0.717, 1.165) is 5.56 Å². The summed E-state index contributed by atoms with van der Waals surface area (Å²) in [5.74, 6) is 2.43. The highest BCUT2D eigenvalue weighted by Crippen LogP contribution is 2.31. The summed E-state index contributed by atoms with van der Waals surface area (Å²) in [6.45, 7) is 5.08. The molecule has 2 aromatic rings. The van der Waals surface area contributed by atoms with Gasteiger partial charge in [0.05, 0.1) is 19.3 Å². The molecule has 0 amide bonds. The van der Waals surface area contributed by atoms with Crippen LogP contribution in [0.25, 0.3) is 6.08 Å². The number of Topliss-reactive ketones (excluding diaryl/α,β-unsaturated/α-hetero) is 1. The van der Waals surface area contributed by atoms with Crippen molar-refractivity contribution in [1.82, 2.24) is 0 Å². The number of fused-ring (bicyclic) bond motifs is 1. The first-order valence-electron chi connectivity index (χ1n) is 8.36. The number of carbonyl (C=O) groups excluding carboxylic acids is 1. The average Bonchev–Trinajstić information content (AvgIpc) is 2.63. The predicted molar refractivity (Wildman–Crippen MR) is 97.6 cm³/mol. The predicted octanol–water partition coefficient (Wildman–Crippen LogP) is 4.39. The van der Waals surface area contributed by atoms with Crippen LogP contribution >= 0.6 is 0 Å². The lowest BCUT2D eigenvalue weighted by Crippen LogP contribution is -2.18. The van der Waals surface area contributed by atoms with Crippen molar-refractivity contribution in [3.05, 3.63) is 59.2 Å². The van der Waals surface area contributed by atoms with Gasteiger partial charge in [-0.15, -0.1) is 0 Å². The van der Waals surface area contributed by atoms with E-state index >= 15 is 0 Å². The molecule has 0 fully saturated rings. The number of ether oxygens (including phenoxy) is 3. The zero-order valence-corrected chi connectivity index (χ0v) is 14.7. The number of ketones is 1. The summed E-state index contributed by atoms with van der Waals surface area (Å²) < 4.78 is 16.9. The molecule has 4 heteroatoms. The smallest absolute Gasteiger partial charge is 0.196 e. The molecular formula is C21H22O4. The first-order valence-corrected chi connectivity index (χ1v) is 8.36. The summed E-state index contributed by atoms with van der Waals surface area (Å²) >= 11 is 0. The molecule has 0 saturated carbocycles. The van der Waals surface area contributed by atoms with Gasteiger partial charge in [-0.1, -0.05) is 32.0 Å². The number of hydrogen-bond donors (Lipinski definition) is 0. The van der Waals surface area contributed by atoms with E-state index in [-0.39, 0.29) is 12.4 Å². The fourth-order valence-electron chi connectivity index (χ4n) is 2.63. The zero-order valence-electron chi connectivity index (χ0n) is 14.7. The van der Waals surface area contributed by atoms with Gasteiger partial charge in [0.2, 0.25) is 0 Å². The second kappa shape index (κ2) is 7.43. The lowest BCUT2D eigenvalue weighted by atomic mass is 9.98. The Kier molecular flexibility index (Phi) is 5.08. The summed E-state index contributed by atoms with van der Waals surface area (Å²) in [4.78, 5) is 12.6. The van der Waals surface area contributed by atoms with Gasteiger partial charge in [-0.3, -0.25) is 4.79 Å². The number of para-hydroxylation sites is 1. The molecular weight excluding hydrogens is 316 g/mol. The van der Waals surface area contributed by atoms with Gasteiger partial charge in [-0.25, -0.2) is 0 Å². The Morgan fingerprint density at radius 1 is 1.16 bits per heavy atom. The summed E-state index contributed by atoms with van der Waals surface area (Å²) in [5, 5.41) is 0. The van der Waals surface area contributed by atoms with E-state index in [4.69, 9.17) is 14.2 Å². The third-order valence-electron chi connectivity index (χ3n) is 3.91. The highest BCUT2D eigenvalue weighted by molar-refractivity contribution is 6.14. The third-order valence-corrected chi connectivity index (χ3v) is 3.91.